The molecule has 0 aromatic rings. The van der Waals surface area contributed by atoms with Crippen molar-refractivity contribution in [2.75, 3.05) is 31.0 Å². The molecule has 0 aromatic carbocycles. The topological polar surface area (TPSA) is 91.6 Å². The molecular weight excluding hydrogens is 312 g/mol. The van der Waals surface area contributed by atoms with E-state index in [9.17, 15) is 24.6 Å². The first-order valence-corrected chi connectivity index (χ1v) is 9.23. The lowest BCUT2D eigenvalue weighted by molar-refractivity contribution is 0.218. The Hall–Kier alpha value is 0.0300. The second kappa shape index (κ2) is 9.89. The Kier molecular flexibility index (Phi) is 11.2. The predicted octanol–water partition coefficient (Wildman–Crippen LogP) is 1.08. The molecule has 0 unspecified atom stereocenters. The van der Waals surface area contributed by atoms with E-state index in [4.69, 9.17) is 4.74 Å². The predicted molar refractivity (Wildman–Crippen MR) is 68.6 cm³/mol. The molecule has 0 spiro atoms. The van der Waals surface area contributed by atoms with Gasteiger partial charge < -0.3 is 8.86 Å². The van der Waals surface area contributed by atoms with E-state index in [0.29, 0.717) is 10.9 Å². The largest absolute Gasteiger partial charge is 0.380 e. The maximum Gasteiger partial charge on any atom is 0.241 e. The van der Waals surface area contributed by atoms with Gasteiger partial charge in [0.15, 0.2) is 0 Å². The van der Waals surface area contributed by atoms with E-state index in [1.807, 2.05) is 0 Å². The Morgan fingerprint density at radius 1 is 1.06 bits per heavy atom. The quantitative estimate of drug-likeness (QED) is 0.515. The number of hydrogen-bond acceptors (Lipinski definition) is 5. The minimum Gasteiger partial charge on any atom is -0.380 e. The molecule has 0 amide bonds. The van der Waals surface area contributed by atoms with Crippen LogP contribution in [0.3, 0.4) is 0 Å². The lowest BCUT2D eigenvalue weighted by Gasteiger charge is -2.03. The summed E-state index contributed by atoms with van der Waals surface area (Å²) < 4.78 is 65.1. The zero-order valence-electron chi connectivity index (χ0n) is 10.3. The van der Waals surface area contributed by atoms with Crippen LogP contribution in [-0.4, -0.2) is 47.8 Å². The fourth-order valence-electron chi connectivity index (χ4n) is 0.800. The van der Waals surface area contributed by atoms with Crippen LogP contribution >= 0.6 is 0 Å². The number of hydrogen-bond donors (Lipinski definition) is 0. The number of halogens is 2. The van der Waals surface area contributed by atoms with Gasteiger partial charge in [-0.3, -0.25) is 0 Å². The minimum absolute atomic E-state index is 0.637. The van der Waals surface area contributed by atoms with Gasteiger partial charge in [-0.25, -0.2) is 16.8 Å². The van der Waals surface area contributed by atoms with Crippen LogP contribution in [0.15, 0.2) is 0 Å². The molecule has 0 heterocycles. The van der Waals surface area contributed by atoms with E-state index in [0.717, 1.165) is 10.7 Å². The lowest BCUT2D eigenvalue weighted by atomic mass is 10.9. The average Bonchev–Trinajstić information content (AvgIpc) is 2.15. The van der Waals surface area contributed by atoms with Crippen LogP contribution in [0.4, 0.5) is 7.77 Å². The smallest absolute Gasteiger partial charge is 0.241 e. The first-order valence-electron chi connectivity index (χ1n) is 4.82. The van der Waals surface area contributed by atoms with Gasteiger partial charge in [0.1, 0.15) is 17.3 Å². The van der Waals surface area contributed by atoms with Crippen LogP contribution in [0, 0.1) is 0 Å². The van der Waals surface area contributed by atoms with Crippen molar-refractivity contribution in [3.63, 3.8) is 0 Å². The van der Waals surface area contributed by atoms with Crippen molar-refractivity contribution in [3.8, 4) is 0 Å². The third-order valence-corrected chi connectivity index (χ3v) is 5.37. The third kappa shape index (κ3) is 18.4. The van der Waals surface area contributed by atoms with Gasteiger partial charge >= 0.3 is 0 Å². The summed E-state index contributed by atoms with van der Waals surface area (Å²) in [6.07, 6.45) is 0. The molecule has 0 aliphatic rings. The highest BCUT2D eigenvalue weighted by atomic mass is 32.3. The van der Waals surface area contributed by atoms with Crippen molar-refractivity contribution in [3.05, 3.63) is 4.13 Å². The summed E-state index contributed by atoms with van der Waals surface area (Å²) in [4.78, 5) is 0. The Balaban J connectivity index is 0. The number of rotatable bonds is 7. The van der Waals surface area contributed by atoms with Gasteiger partial charge in [0.2, 0.25) is 20.8 Å². The van der Waals surface area contributed by atoms with Gasteiger partial charge in [-0.05, 0) is 24.7 Å². The molecule has 6 nitrogen and oxygen atoms in total. The summed E-state index contributed by atoms with van der Waals surface area (Å²) >= 11 is 0. The Labute approximate surface area is 110 Å². The first-order chi connectivity index (χ1) is 8.05. The van der Waals surface area contributed by atoms with Gasteiger partial charge in [-0.15, -0.1) is 7.77 Å². The monoisotopic (exact) mass is 329 g/mol. The Bertz CT molecular complexity index is 363. The zero-order valence-corrected chi connectivity index (χ0v) is 12.7. The second-order valence-electron chi connectivity index (χ2n) is 2.79. The molecule has 0 bridgehead atoms. The fourth-order valence-corrected chi connectivity index (χ4v) is 3.04. The minimum atomic E-state index is -5.62. The molecule has 0 fully saturated rings. The molecule has 0 saturated heterocycles. The van der Waals surface area contributed by atoms with Crippen molar-refractivity contribution >= 4 is 31.7 Å². The number of nitrogens with zero attached hydrogens (tertiary/aromatic N) is 1. The highest BCUT2D eigenvalue weighted by Gasteiger charge is 2.09. The van der Waals surface area contributed by atoms with Gasteiger partial charge in [0.05, 0.1) is 6.61 Å². The normalized spacial score (nSPS) is 12.1. The average molecular weight is 329 g/mol. The standard InChI is InChI=1S/C7H17OS.F2NO4S2/c1-4-9(5-2)7-6-8-3;1-8(4,5)3-9(2,6)7/h4-7H2,1-3H3;/q+1;-1. The molecule has 0 atom stereocenters. The van der Waals surface area contributed by atoms with E-state index >= 15 is 0 Å². The number of ether oxygens (including phenoxy) is 1. The first kappa shape index (κ1) is 20.3. The van der Waals surface area contributed by atoms with Crippen LogP contribution in [0.2, 0.25) is 0 Å². The summed E-state index contributed by atoms with van der Waals surface area (Å²) in [6.45, 7) is 5.44. The molecule has 0 radical (unpaired) electrons. The van der Waals surface area contributed by atoms with Crippen LogP contribution in [-0.2, 0) is 36.5 Å². The summed E-state index contributed by atoms with van der Waals surface area (Å²) in [6, 6.07) is 0. The van der Waals surface area contributed by atoms with Crippen molar-refractivity contribution < 1.29 is 29.3 Å². The van der Waals surface area contributed by atoms with Crippen molar-refractivity contribution in [1.29, 1.82) is 0 Å². The van der Waals surface area contributed by atoms with Crippen LogP contribution in [0.5, 0.6) is 0 Å². The molecule has 112 valence electrons. The van der Waals surface area contributed by atoms with E-state index in [-0.39, 0.29) is 0 Å². The van der Waals surface area contributed by atoms with Gasteiger partial charge in [0.25, 0.3) is 0 Å². The SMILES string of the molecule is CC[S+](CC)CCOC.O=S(=O)(F)[N-]S(=O)(=O)F. The molecule has 18 heavy (non-hydrogen) atoms. The molecule has 0 rings (SSSR count). The highest BCUT2D eigenvalue weighted by Crippen LogP contribution is 2.11. The van der Waals surface area contributed by atoms with E-state index in [1.165, 1.54) is 17.3 Å². The zero-order chi connectivity index (χ0) is 14.8. The Morgan fingerprint density at radius 2 is 1.44 bits per heavy atom. The molecule has 0 saturated carbocycles. The van der Waals surface area contributed by atoms with Crippen LogP contribution in [0.25, 0.3) is 4.13 Å². The summed E-state index contributed by atoms with van der Waals surface area (Å²) in [5.74, 6) is 3.89. The van der Waals surface area contributed by atoms with Crippen molar-refractivity contribution in [2.45, 2.75) is 13.8 Å². The maximum atomic E-state index is 11.1. The molecule has 0 aliphatic heterocycles. The number of methoxy groups -OCH3 is 1. The second-order valence-corrected chi connectivity index (χ2v) is 7.82. The lowest BCUT2D eigenvalue weighted by Crippen LogP contribution is -2.16. The van der Waals surface area contributed by atoms with Crippen molar-refractivity contribution in [1.82, 2.24) is 0 Å². The highest BCUT2D eigenvalue weighted by molar-refractivity contribution is 8.07. The fraction of sp³-hybridized carbons (Fsp3) is 1.00. The molecule has 0 aromatic heterocycles. The molecular formula is C7H17F2NO5S3. The third-order valence-electron chi connectivity index (χ3n) is 1.57. The Morgan fingerprint density at radius 3 is 1.61 bits per heavy atom. The van der Waals surface area contributed by atoms with Gasteiger partial charge in [-0.2, -0.15) is 0 Å². The maximum absolute atomic E-state index is 11.1. The van der Waals surface area contributed by atoms with Crippen molar-refractivity contribution in [2.24, 2.45) is 0 Å². The molecule has 0 N–H and O–H groups in total. The van der Waals surface area contributed by atoms with E-state index in [2.05, 4.69) is 13.8 Å². The molecule has 0 aliphatic carbocycles. The van der Waals surface area contributed by atoms with Gasteiger partial charge in [-0.1, -0.05) is 0 Å². The van der Waals surface area contributed by atoms with Crippen LogP contribution < -0.4 is 0 Å². The van der Waals surface area contributed by atoms with Gasteiger partial charge in [0, 0.05) is 7.11 Å². The van der Waals surface area contributed by atoms with E-state index in [1.54, 1.807) is 7.11 Å². The molecule has 11 heteroatoms. The summed E-state index contributed by atoms with van der Waals surface area (Å²) in [7, 11) is -8.83. The summed E-state index contributed by atoms with van der Waals surface area (Å²) in [5, 5.41) is 0. The van der Waals surface area contributed by atoms with Crippen LogP contribution in [0.1, 0.15) is 13.8 Å². The van der Waals surface area contributed by atoms with E-state index < -0.39 is 20.8 Å². The summed E-state index contributed by atoms with van der Waals surface area (Å²) in [5.41, 5.74) is 0.